The van der Waals surface area contributed by atoms with E-state index in [-0.39, 0.29) is 6.61 Å². The van der Waals surface area contributed by atoms with E-state index in [1.807, 2.05) is 6.08 Å². The molecular weight excluding hydrogens is 256 g/mol. The van der Waals surface area contributed by atoms with Crippen LogP contribution >= 0.6 is 0 Å². The fourth-order valence-electron chi connectivity index (χ4n) is 5.06. The number of rotatable bonds is 4. The van der Waals surface area contributed by atoms with Gasteiger partial charge in [0, 0.05) is 0 Å². The fourth-order valence-corrected chi connectivity index (χ4v) is 5.06. The predicted octanol–water partition coefficient (Wildman–Crippen LogP) is 5.50. The summed E-state index contributed by atoms with van der Waals surface area (Å²) in [6.07, 6.45) is 12.2. The molecule has 1 heteroatoms. The number of hydrogen-bond acceptors (Lipinski definition) is 1. The first-order valence-corrected chi connectivity index (χ1v) is 8.78. The van der Waals surface area contributed by atoms with Gasteiger partial charge in [0.05, 0.1) is 6.61 Å². The Balaban J connectivity index is 2.23. The lowest BCUT2D eigenvalue weighted by molar-refractivity contribution is -0.0466. The van der Waals surface area contributed by atoms with Crippen LogP contribution in [-0.4, -0.2) is 11.7 Å². The lowest BCUT2D eigenvalue weighted by Crippen LogP contribution is -2.49. The molecule has 0 heterocycles. The summed E-state index contributed by atoms with van der Waals surface area (Å²) in [6, 6.07) is 0. The molecule has 4 atom stereocenters. The molecule has 1 nitrogen and oxygen atoms in total. The second kappa shape index (κ2) is 6.28. The first-order chi connectivity index (χ1) is 9.84. The Morgan fingerprint density at radius 3 is 2.76 bits per heavy atom. The third kappa shape index (κ3) is 2.99. The Morgan fingerprint density at radius 1 is 1.38 bits per heavy atom. The minimum absolute atomic E-state index is 0.182. The van der Waals surface area contributed by atoms with Crippen LogP contribution in [0.1, 0.15) is 73.1 Å². The summed E-state index contributed by atoms with van der Waals surface area (Å²) >= 11 is 0. The Kier molecular flexibility index (Phi) is 5.03. The zero-order valence-electron chi connectivity index (χ0n) is 14.7. The topological polar surface area (TPSA) is 20.2 Å². The number of allylic oxidation sites excluding steroid dienone is 3. The molecular formula is C20H34O. The first kappa shape index (κ1) is 16.8. The van der Waals surface area contributed by atoms with Crippen molar-refractivity contribution in [2.75, 3.05) is 6.61 Å². The Hall–Kier alpha value is -0.560. The van der Waals surface area contributed by atoms with Crippen molar-refractivity contribution in [1.82, 2.24) is 0 Å². The Labute approximate surface area is 131 Å². The van der Waals surface area contributed by atoms with Crippen LogP contribution in [0.2, 0.25) is 0 Å². The van der Waals surface area contributed by atoms with E-state index in [9.17, 15) is 0 Å². The van der Waals surface area contributed by atoms with Crippen molar-refractivity contribution in [3.63, 3.8) is 0 Å². The Morgan fingerprint density at radius 2 is 2.10 bits per heavy atom. The van der Waals surface area contributed by atoms with Gasteiger partial charge in [0.25, 0.3) is 0 Å². The molecule has 2 rings (SSSR count). The van der Waals surface area contributed by atoms with E-state index in [0.717, 1.165) is 18.3 Å². The summed E-state index contributed by atoms with van der Waals surface area (Å²) < 4.78 is 0. The van der Waals surface area contributed by atoms with Crippen LogP contribution in [0.25, 0.3) is 0 Å². The van der Waals surface area contributed by atoms with Crippen LogP contribution in [-0.2, 0) is 0 Å². The van der Waals surface area contributed by atoms with Crippen molar-refractivity contribution in [2.45, 2.75) is 73.1 Å². The van der Waals surface area contributed by atoms with Crippen molar-refractivity contribution in [3.8, 4) is 0 Å². The quantitative estimate of drug-likeness (QED) is 0.677. The van der Waals surface area contributed by atoms with Crippen LogP contribution in [0.5, 0.6) is 0 Å². The first-order valence-electron chi connectivity index (χ1n) is 8.78. The Bertz CT molecular complexity index is 433. The molecule has 0 aromatic heterocycles. The van der Waals surface area contributed by atoms with Crippen LogP contribution in [0.3, 0.4) is 0 Å². The van der Waals surface area contributed by atoms with Gasteiger partial charge in [-0.05, 0) is 75.0 Å². The van der Waals surface area contributed by atoms with Gasteiger partial charge in [0.15, 0.2) is 0 Å². The second-order valence-corrected chi connectivity index (χ2v) is 8.11. The second-order valence-electron chi connectivity index (χ2n) is 8.11. The van der Waals surface area contributed by atoms with Gasteiger partial charge < -0.3 is 5.11 Å². The minimum Gasteiger partial charge on any atom is -0.392 e. The number of aliphatic hydroxyl groups excluding tert-OH is 1. The average Bonchev–Trinajstić information content (AvgIpc) is 2.44. The zero-order valence-corrected chi connectivity index (χ0v) is 14.7. The molecule has 0 aliphatic heterocycles. The number of fused-ring (bicyclic) bond motifs is 1. The molecule has 21 heavy (non-hydrogen) atoms. The maximum atomic E-state index is 9.07. The molecule has 0 radical (unpaired) electrons. The van der Waals surface area contributed by atoms with Crippen LogP contribution in [0, 0.1) is 22.7 Å². The zero-order chi connectivity index (χ0) is 15.7. The number of hydrogen-bond donors (Lipinski definition) is 1. The highest BCUT2D eigenvalue weighted by molar-refractivity contribution is 5.21. The summed E-state index contributed by atoms with van der Waals surface area (Å²) in [4.78, 5) is 0. The van der Waals surface area contributed by atoms with Gasteiger partial charge in [-0.3, -0.25) is 0 Å². The molecule has 0 bridgehead atoms. The third-order valence-electron chi connectivity index (χ3n) is 7.09. The molecule has 0 saturated heterocycles. The van der Waals surface area contributed by atoms with Gasteiger partial charge in [-0.1, -0.05) is 44.1 Å². The predicted molar refractivity (Wildman–Crippen MR) is 91.2 cm³/mol. The summed E-state index contributed by atoms with van der Waals surface area (Å²) in [7, 11) is 0. The van der Waals surface area contributed by atoms with Gasteiger partial charge in [0.2, 0.25) is 0 Å². The van der Waals surface area contributed by atoms with E-state index >= 15 is 0 Å². The highest BCUT2D eigenvalue weighted by Gasteiger charge is 2.52. The molecule has 0 amide bonds. The van der Waals surface area contributed by atoms with E-state index in [1.54, 1.807) is 5.57 Å². The third-order valence-corrected chi connectivity index (χ3v) is 7.09. The van der Waals surface area contributed by atoms with Gasteiger partial charge in [-0.2, -0.15) is 0 Å². The molecule has 0 aromatic carbocycles. The summed E-state index contributed by atoms with van der Waals surface area (Å²) in [6.45, 7) is 12.2. The fraction of sp³-hybridized carbons (Fsp3) is 0.800. The maximum absolute atomic E-state index is 9.07. The van der Waals surface area contributed by atoms with Crippen molar-refractivity contribution >= 4 is 0 Å². The van der Waals surface area contributed by atoms with E-state index < -0.39 is 0 Å². The standard InChI is InChI=1S/C20H34O/c1-15(11-14-21)9-12-19(4)17(3)10-13-20(5)16(2)7-6-8-18(19)20/h7,11,17-18,21H,6,8-10,12-14H2,1-5H3/t17-,18+,19+,20+/m1/s1. The number of aliphatic hydroxyl groups is 1. The van der Waals surface area contributed by atoms with E-state index in [2.05, 4.69) is 40.7 Å². The van der Waals surface area contributed by atoms with Crippen molar-refractivity contribution < 1.29 is 5.11 Å². The molecule has 120 valence electrons. The molecule has 2 aliphatic rings. The highest BCUT2D eigenvalue weighted by atomic mass is 16.2. The lowest BCUT2D eigenvalue weighted by Gasteiger charge is -2.58. The van der Waals surface area contributed by atoms with E-state index in [4.69, 9.17) is 5.11 Å². The molecule has 0 unspecified atom stereocenters. The maximum Gasteiger partial charge on any atom is 0.0614 e. The molecule has 0 spiro atoms. The lowest BCUT2D eigenvalue weighted by atomic mass is 9.47. The molecule has 0 aromatic rings. The summed E-state index contributed by atoms with van der Waals surface area (Å²) in [5, 5.41) is 9.07. The molecule has 1 N–H and O–H groups in total. The summed E-state index contributed by atoms with van der Waals surface area (Å²) in [5.74, 6) is 1.63. The molecule has 1 fully saturated rings. The van der Waals surface area contributed by atoms with Crippen molar-refractivity contribution in [2.24, 2.45) is 22.7 Å². The SMILES string of the molecule is CC(=CCO)CC[C@@]1(C)[C@H](C)CC[C@@]2(C)C(C)=CCC[C@@H]12. The average molecular weight is 290 g/mol. The van der Waals surface area contributed by atoms with Gasteiger partial charge in [-0.25, -0.2) is 0 Å². The van der Waals surface area contributed by atoms with Gasteiger partial charge in [-0.15, -0.1) is 0 Å². The van der Waals surface area contributed by atoms with Crippen LogP contribution < -0.4 is 0 Å². The highest BCUT2D eigenvalue weighted by Crippen LogP contribution is 2.61. The normalized spacial score (nSPS) is 40.7. The van der Waals surface area contributed by atoms with Gasteiger partial charge in [0.1, 0.15) is 0 Å². The van der Waals surface area contributed by atoms with Crippen LogP contribution in [0.15, 0.2) is 23.3 Å². The molecule has 1 saturated carbocycles. The van der Waals surface area contributed by atoms with E-state index in [0.29, 0.717) is 10.8 Å². The minimum atomic E-state index is 0.182. The van der Waals surface area contributed by atoms with Crippen LogP contribution in [0.4, 0.5) is 0 Å². The monoisotopic (exact) mass is 290 g/mol. The smallest absolute Gasteiger partial charge is 0.0614 e. The molecule has 2 aliphatic carbocycles. The van der Waals surface area contributed by atoms with Crippen molar-refractivity contribution in [3.05, 3.63) is 23.3 Å². The largest absolute Gasteiger partial charge is 0.392 e. The van der Waals surface area contributed by atoms with Crippen molar-refractivity contribution in [1.29, 1.82) is 0 Å². The van der Waals surface area contributed by atoms with E-state index in [1.165, 1.54) is 37.7 Å². The summed E-state index contributed by atoms with van der Waals surface area (Å²) in [5.41, 5.74) is 3.85. The van der Waals surface area contributed by atoms with Gasteiger partial charge >= 0.3 is 0 Å².